The first-order chi connectivity index (χ1) is 32.0. The lowest BCUT2D eigenvalue weighted by Crippen LogP contribution is -2.48. The van der Waals surface area contributed by atoms with Crippen LogP contribution in [0.5, 0.6) is 0 Å². The number of hydrogen-bond acceptors (Lipinski definition) is 21. The van der Waals surface area contributed by atoms with E-state index in [9.17, 15) is 71.9 Å². The van der Waals surface area contributed by atoms with E-state index in [-0.39, 0.29) is 52.2 Å². The van der Waals surface area contributed by atoms with E-state index in [0.29, 0.717) is 11.8 Å². The summed E-state index contributed by atoms with van der Waals surface area (Å²) in [5, 5.41) is 128. The average molecular weight is 1050 g/mol. The fourth-order valence-electron chi connectivity index (χ4n) is 3.46. The van der Waals surface area contributed by atoms with Crippen LogP contribution in [0.3, 0.4) is 0 Å². The van der Waals surface area contributed by atoms with Gasteiger partial charge in [0, 0.05) is 20.2 Å². The molecule has 0 aromatic carbocycles. The molecule has 0 aromatic rings. The maximum absolute atomic E-state index is 10.6. The first-order valence-corrected chi connectivity index (χ1v) is 19.3. The molecule has 0 rings (SSSR count). The van der Waals surface area contributed by atoms with Crippen LogP contribution in [0.15, 0.2) is 0 Å². The summed E-state index contributed by atoms with van der Waals surface area (Å²) in [5.41, 5.74) is 0. The number of ether oxygens (including phenoxy) is 1. The van der Waals surface area contributed by atoms with Crippen LogP contribution < -0.4 is 10.6 Å². The summed E-state index contributed by atoms with van der Waals surface area (Å²) in [4.78, 5) is 154. The van der Waals surface area contributed by atoms with Gasteiger partial charge in [0.2, 0.25) is 0 Å². The van der Waals surface area contributed by atoms with Crippen LogP contribution in [0.2, 0.25) is 0 Å². The zero-order valence-corrected chi connectivity index (χ0v) is 37.5. The Labute approximate surface area is 396 Å². The van der Waals surface area contributed by atoms with Gasteiger partial charge in [0.1, 0.15) is 23.9 Å². The molecule has 0 amide bonds. The van der Waals surface area contributed by atoms with E-state index in [1.54, 1.807) is 0 Å². The molecule has 0 radical (unpaired) electrons. The molecule has 0 fully saturated rings. The third kappa shape index (κ3) is 66.8. The third-order valence-corrected chi connectivity index (χ3v) is 7.21. The van der Waals surface area contributed by atoms with Gasteiger partial charge in [-0.1, -0.05) is 0 Å². The molecular formula is C34H54N4O31S. The minimum absolute atomic E-state index is 0.0483. The standard InChI is InChI=1S/C8H11NO8.C7H11NO6.C6H8O6S.2C5H9NO4.C3H6O3/c10-5(11)1-3(7(14)15)9-4(8(16)17)2-6(12)13;9-5(10)1-2-8(3-6(11)12)4-7(13)14;7-4(8)1-3(6(11)12)13-2-5(9)10;1-6(2-4(7)8)3-5(9)10;7-4(8)1-2-6-3-5(9)10;1-6-2-3(4)5/h3-4,9H,1-2H2,(H,10,11)(H,12,13)(H,14,15)(H,16,17);1-4H2,(H,9,10)(H,11,12)(H,13,14);3H,1-2H2,(H,7,8)(H,9,10)(H,11,12);2-3H2,1H3,(H,7,8)(H,9,10);6H,1-3H2,(H,7,8)(H,9,10);2H2,1H3,(H,4,5). The van der Waals surface area contributed by atoms with Crippen molar-refractivity contribution in [3.8, 4) is 0 Å². The maximum atomic E-state index is 10.6. The second-order valence-corrected chi connectivity index (χ2v) is 13.6. The monoisotopic (exact) mass is 1050 g/mol. The number of rotatable bonds is 32. The van der Waals surface area contributed by atoms with Crippen LogP contribution in [0.4, 0.5) is 0 Å². The van der Waals surface area contributed by atoms with Crippen molar-refractivity contribution < 1.29 is 153 Å². The van der Waals surface area contributed by atoms with Gasteiger partial charge in [-0.05, 0) is 7.05 Å². The second kappa shape index (κ2) is 45.0. The van der Waals surface area contributed by atoms with Crippen molar-refractivity contribution in [3.63, 3.8) is 0 Å². The van der Waals surface area contributed by atoms with Gasteiger partial charge in [-0.3, -0.25) is 82.2 Å². The number of nitrogens with one attached hydrogen (secondary N) is 2. The van der Waals surface area contributed by atoms with Gasteiger partial charge in [-0.25, -0.2) is 4.79 Å². The van der Waals surface area contributed by atoms with Gasteiger partial charge in [0.15, 0.2) is 0 Å². The van der Waals surface area contributed by atoms with Crippen molar-refractivity contribution in [1.29, 1.82) is 0 Å². The van der Waals surface area contributed by atoms with Crippen molar-refractivity contribution in [2.45, 2.75) is 49.4 Å². The number of hydrogen-bond donors (Lipinski definition) is 17. The molecule has 3 atom stereocenters. The number of likely N-dealkylation sites (N-methyl/N-ethyl adjacent to an activating group) is 1. The Kier molecular flexibility index (Phi) is 47.4. The average Bonchev–Trinajstić information content (AvgIpc) is 3.16. The first-order valence-electron chi connectivity index (χ1n) is 18.3. The predicted molar refractivity (Wildman–Crippen MR) is 223 cm³/mol. The molecule has 0 aromatic heterocycles. The van der Waals surface area contributed by atoms with Gasteiger partial charge < -0.3 is 86.7 Å². The fourth-order valence-corrected chi connectivity index (χ4v) is 4.20. The van der Waals surface area contributed by atoms with Crippen LogP contribution in [-0.4, -0.2) is 266 Å². The molecule has 35 nitrogen and oxygen atoms in total. The number of thioether (sulfide) groups is 1. The molecule has 0 spiro atoms. The van der Waals surface area contributed by atoms with E-state index in [2.05, 4.69) is 10.1 Å². The van der Waals surface area contributed by atoms with Gasteiger partial charge in [-0.15, -0.1) is 11.8 Å². The van der Waals surface area contributed by atoms with Crippen molar-refractivity contribution in [2.75, 3.05) is 72.3 Å². The molecule has 36 heteroatoms. The van der Waals surface area contributed by atoms with Crippen molar-refractivity contribution >= 4 is 101 Å². The Bertz CT molecular complexity index is 1660. The zero-order chi connectivity index (χ0) is 56.3. The molecule has 0 bridgehead atoms. The SMILES string of the molecule is CN(CC(=O)O)CC(=O)O.COCC(=O)O.O=C(O)CC(NC(CC(=O)O)C(=O)O)C(=O)O.O=C(O)CCN(CC(=O)O)CC(=O)O.O=C(O)CCNCC(=O)O.O=C(O)CSC(CC(=O)O)C(=O)O. The zero-order valence-electron chi connectivity index (χ0n) is 36.7. The molecule has 402 valence electrons. The summed E-state index contributed by atoms with van der Waals surface area (Å²) in [6.45, 7) is -1.72. The summed E-state index contributed by atoms with van der Waals surface area (Å²) in [6.07, 6.45) is -2.60. The van der Waals surface area contributed by atoms with Gasteiger partial charge in [0.25, 0.3) is 0 Å². The lowest BCUT2D eigenvalue weighted by Gasteiger charge is -2.17. The Hall–Kier alpha value is -7.80. The quantitative estimate of drug-likeness (QED) is 0.0281. The van der Waals surface area contributed by atoms with Crippen molar-refractivity contribution in [2.24, 2.45) is 0 Å². The minimum atomic E-state index is -1.66. The van der Waals surface area contributed by atoms with Gasteiger partial charge >= 0.3 is 89.5 Å². The number of methoxy groups -OCH3 is 1. The molecule has 70 heavy (non-hydrogen) atoms. The van der Waals surface area contributed by atoms with Crippen LogP contribution >= 0.6 is 11.8 Å². The van der Waals surface area contributed by atoms with E-state index in [1.165, 1.54) is 19.1 Å². The minimum Gasteiger partial charge on any atom is -0.481 e. The topological polar surface area (TPSA) is 599 Å². The molecule has 0 aliphatic rings. The van der Waals surface area contributed by atoms with E-state index >= 15 is 0 Å². The number of carboxylic acids is 15. The molecule has 17 N–H and O–H groups in total. The van der Waals surface area contributed by atoms with Crippen LogP contribution in [0.1, 0.15) is 32.1 Å². The number of nitrogens with zero attached hydrogens (tertiary/aromatic N) is 2. The van der Waals surface area contributed by atoms with E-state index < -0.39 is 145 Å². The second-order valence-electron chi connectivity index (χ2n) is 12.4. The summed E-state index contributed by atoms with van der Waals surface area (Å²) in [6, 6.07) is -3.32. The van der Waals surface area contributed by atoms with Gasteiger partial charge in [-0.2, -0.15) is 0 Å². The van der Waals surface area contributed by atoms with Crippen molar-refractivity contribution in [1.82, 2.24) is 20.4 Å². The predicted octanol–water partition coefficient (Wildman–Crippen LogP) is -4.96. The van der Waals surface area contributed by atoms with Crippen LogP contribution in [0.25, 0.3) is 0 Å². The third-order valence-electron chi connectivity index (χ3n) is 6.03. The highest BCUT2D eigenvalue weighted by Gasteiger charge is 2.29. The van der Waals surface area contributed by atoms with E-state index in [4.69, 9.17) is 76.6 Å². The van der Waals surface area contributed by atoms with Crippen LogP contribution in [-0.2, 0) is 76.7 Å². The highest BCUT2D eigenvalue weighted by atomic mass is 32.2. The fraction of sp³-hybridized carbons (Fsp3) is 0.559. The highest BCUT2D eigenvalue weighted by Crippen LogP contribution is 2.14. The molecule has 0 saturated heterocycles. The van der Waals surface area contributed by atoms with Crippen LogP contribution in [0, 0.1) is 0 Å². The summed E-state index contributed by atoms with van der Waals surface area (Å²) < 4.78 is 4.20. The Morgan fingerprint density at radius 2 is 0.843 bits per heavy atom. The molecule has 3 unspecified atom stereocenters. The van der Waals surface area contributed by atoms with E-state index in [0.717, 1.165) is 4.90 Å². The molecule has 0 aliphatic heterocycles. The number of carbonyl (C=O) groups is 15. The summed E-state index contributed by atoms with van der Waals surface area (Å²) in [7, 11) is 2.77. The Morgan fingerprint density at radius 1 is 0.457 bits per heavy atom. The van der Waals surface area contributed by atoms with Crippen molar-refractivity contribution in [3.05, 3.63) is 0 Å². The normalized spacial score (nSPS) is 11.0. The van der Waals surface area contributed by atoms with E-state index in [1.807, 2.05) is 5.32 Å². The lowest BCUT2D eigenvalue weighted by atomic mass is 10.1. The summed E-state index contributed by atoms with van der Waals surface area (Å²) >= 11 is 0.586. The Morgan fingerprint density at radius 3 is 1.09 bits per heavy atom. The summed E-state index contributed by atoms with van der Waals surface area (Å²) in [5.74, 6) is -18.5. The van der Waals surface area contributed by atoms with Gasteiger partial charge in [0.05, 0.1) is 70.6 Å². The number of aliphatic carboxylic acids is 15. The molecule has 0 heterocycles. The largest absolute Gasteiger partial charge is 0.481 e. The smallest absolute Gasteiger partial charge is 0.329 e. The highest BCUT2D eigenvalue weighted by molar-refractivity contribution is 8.01. The number of carboxylic acid groups (broad SMARTS) is 15. The molecule has 0 aliphatic carbocycles. The molecular weight excluding hydrogens is 992 g/mol. The first kappa shape index (κ1) is 73.8. The maximum Gasteiger partial charge on any atom is 0.329 e. The lowest BCUT2D eigenvalue weighted by molar-refractivity contribution is -0.150. The molecule has 0 saturated carbocycles. The Balaban J connectivity index is -0.000000180.